The number of aromatic nitrogens is 1. The predicted octanol–water partition coefficient (Wildman–Crippen LogP) is 3.53. The first-order chi connectivity index (χ1) is 11.1. The number of halogens is 2. The Bertz CT molecular complexity index is 669. The van der Waals surface area contributed by atoms with Crippen molar-refractivity contribution in [3.63, 3.8) is 0 Å². The number of ether oxygens (including phenoxy) is 1. The summed E-state index contributed by atoms with van der Waals surface area (Å²) in [4.78, 5) is 4.60. The first-order valence-corrected chi connectivity index (χ1v) is 9.04. The molecule has 0 bridgehead atoms. The smallest absolute Gasteiger partial charge is 0.213 e. The molecule has 2 heterocycles. The lowest BCUT2D eigenvalue weighted by Crippen LogP contribution is -2.27. The Labute approximate surface area is 146 Å². The van der Waals surface area contributed by atoms with Crippen molar-refractivity contribution in [2.75, 3.05) is 13.1 Å². The van der Waals surface area contributed by atoms with Crippen LogP contribution in [0.25, 0.3) is 0 Å². The van der Waals surface area contributed by atoms with Crippen molar-refractivity contribution in [3.8, 4) is 5.88 Å². The maximum Gasteiger partial charge on any atom is 0.213 e. The molecule has 1 N–H and O–H groups in total. The van der Waals surface area contributed by atoms with Gasteiger partial charge in [0.25, 0.3) is 0 Å². The van der Waals surface area contributed by atoms with Crippen LogP contribution in [0.15, 0.2) is 34.8 Å². The molecule has 0 spiro atoms. The second-order valence-electron chi connectivity index (χ2n) is 5.67. The number of nitrogens with zero attached hydrogens (tertiary/aromatic N) is 1. The number of piperidine rings is 1. The molecule has 1 atom stereocenters. The quantitative estimate of drug-likeness (QED) is 0.802. The lowest BCUT2D eigenvalue weighted by Gasteiger charge is -2.22. The van der Waals surface area contributed by atoms with Gasteiger partial charge in [0.2, 0.25) is 5.88 Å². The third-order valence-corrected chi connectivity index (χ3v) is 5.03. The fraction of sp³-hybridized carbons (Fsp3) is 0.353. The molecule has 3 rings (SSSR count). The highest BCUT2D eigenvalue weighted by atomic mass is 79.9. The molecular weight excluding hydrogens is 378 g/mol. The Balaban J connectivity index is 1.71. The minimum absolute atomic E-state index is 0.167. The van der Waals surface area contributed by atoms with Crippen LogP contribution < -0.4 is 15.4 Å². The van der Waals surface area contributed by atoms with Crippen LogP contribution in [-0.4, -0.2) is 18.1 Å². The zero-order valence-electron chi connectivity index (χ0n) is 12.7. The van der Waals surface area contributed by atoms with Crippen LogP contribution in [0.2, 0.25) is 0 Å². The van der Waals surface area contributed by atoms with Crippen molar-refractivity contribution in [2.24, 2.45) is 0 Å². The topological polar surface area (TPSA) is 34.1 Å². The van der Waals surface area contributed by atoms with Gasteiger partial charge >= 0.3 is 0 Å². The van der Waals surface area contributed by atoms with Gasteiger partial charge in [0.1, 0.15) is 12.4 Å². The van der Waals surface area contributed by atoms with E-state index in [1.165, 1.54) is 6.07 Å². The number of hydrogen-bond donors (Lipinski definition) is 1. The van der Waals surface area contributed by atoms with E-state index in [1.54, 1.807) is 0 Å². The summed E-state index contributed by atoms with van der Waals surface area (Å²) in [5.41, 5.74) is 1.60. The van der Waals surface area contributed by atoms with Crippen LogP contribution in [0.5, 0.6) is 5.88 Å². The molecule has 6 heteroatoms. The summed E-state index contributed by atoms with van der Waals surface area (Å²) in [5, 5.41) is 4.14. The monoisotopic (exact) mass is 396 g/mol. The molecule has 1 saturated heterocycles. The summed E-state index contributed by atoms with van der Waals surface area (Å²) >= 11 is 3.29. The van der Waals surface area contributed by atoms with Crippen molar-refractivity contribution in [1.29, 1.82) is 0 Å². The van der Waals surface area contributed by atoms with E-state index in [-0.39, 0.29) is 12.4 Å². The molecule has 1 aromatic carbocycles. The van der Waals surface area contributed by atoms with E-state index in [4.69, 9.17) is 4.74 Å². The molecule has 2 aromatic rings. The van der Waals surface area contributed by atoms with Gasteiger partial charge in [-0.25, -0.2) is 9.37 Å². The number of nitrogens with one attached hydrogen (secondary N) is 1. The number of benzene rings is 1. The van der Waals surface area contributed by atoms with E-state index in [0.29, 0.717) is 17.4 Å². The van der Waals surface area contributed by atoms with Crippen molar-refractivity contribution in [2.45, 2.75) is 25.4 Å². The second-order valence-corrected chi connectivity index (χ2v) is 7.21. The molecular formula is C17H19BrFN2OP. The average molecular weight is 397 g/mol. The number of pyridine rings is 1. The summed E-state index contributed by atoms with van der Waals surface area (Å²) in [5.74, 6) is 0.744. The second kappa shape index (κ2) is 7.69. The maximum atomic E-state index is 14.0. The summed E-state index contributed by atoms with van der Waals surface area (Å²) < 4.78 is 20.5. The Hall–Kier alpha value is -1.03. The predicted molar refractivity (Wildman–Crippen MR) is 96.9 cm³/mol. The van der Waals surface area contributed by atoms with Crippen LogP contribution in [0, 0.1) is 5.82 Å². The fourth-order valence-corrected chi connectivity index (χ4v) is 3.87. The van der Waals surface area contributed by atoms with Gasteiger partial charge in [0.15, 0.2) is 0 Å². The molecule has 0 aliphatic carbocycles. The molecule has 23 heavy (non-hydrogen) atoms. The molecule has 0 saturated carbocycles. The van der Waals surface area contributed by atoms with Crippen molar-refractivity contribution < 1.29 is 9.13 Å². The Morgan fingerprint density at radius 1 is 1.30 bits per heavy atom. The van der Waals surface area contributed by atoms with Crippen molar-refractivity contribution >= 4 is 30.5 Å². The highest BCUT2D eigenvalue weighted by Crippen LogP contribution is 2.25. The first-order valence-electron chi connectivity index (χ1n) is 7.67. The molecule has 0 radical (unpaired) electrons. The van der Waals surface area contributed by atoms with E-state index in [2.05, 4.69) is 35.5 Å². The standard InChI is InChI=1S/C17H19BrFN2OP/c18-12-8-14(19)13(16(23)9-12)10-22-17-3-1-2-15(21-17)11-4-6-20-7-5-11/h1-3,8-9,11,20H,4-7,10,23H2. The zero-order valence-corrected chi connectivity index (χ0v) is 15.4. The highest BCUT2D eigenvalue weighted by Gasteiger charge is 2.17. The Morgan fingerprint density at radius 3 is 2.83 bits per heavy atom. The fourth-order valence-electron chi connectivity index (χ4n) is 2.78. The van der Waals surface area contributed by atoms with E-state index in [9.17, 15) is 4.39 Å². The van der Waals surface area contributed by atoms with Crippen LogP contribution in [0.1, 0.15) is 30.0 Å². The third kappa shape index (κ3) is 4.28. The minimum Gasteiger partial charge on any atom is -0.473 e. The SMILES string of the molecule is Fc1cc(Br)cc(P)c1COc1cccc(C2CCNCC2)n1. The lowest BCUT2D eigenvalue weighted by atomic mass is 9.94. The van der Waals surface area contributed by atoms with Gasteiger partial charge in [0, 0.05) is 27.7 Å². The molecule has 122 valence electrons. The van der Waals surface area contributed by atoms with E-state index in [0.717, 1.165) is 41.4 Å². The van der Waals surface area contributed by atoms with Crippen molar-refractivity contribution in [1.82, 2.24) is 10.3 Å². The van der Waals surface area contributed by atoms with Crippen LogP contribution in [0.4, 0.5) is 4.39 Å². The van der Waals surface area contributed by atoms with Gasteiger partial charge in [-0.2, -0.15) is 0 Å². The van der Waals surface area contributed by atoms with Gasteiger partial charge in [0.05, 0.1) is 0 Å². The largest absolute Gasteiger partial charge is 0.473 e. The summed E-state index contributed by atoms with van der Waals surface area (Å²) in [7, 11) is 2.54. The molecule has 1 aliphatic rings. The van der Waals surface area contributed by atoms with Crippen LogP contribution >= 0.6 is 25.2 Å². The van der Waals surface area contributed by atoms with E-state index < -0.39 is 0 Å². The summed E-state index contributed by atoms with van der Waals surface area (Å²) in [6.07, 6.45) is 2.18. The van der Waals surface area contributed by atoms with Gasteiger partial charge in [-0.15, -0.1) is 9.24 Å². The number of rotatable bonds is 4. The molecule has 0 amide bonds. The molecule has 1 aliphatic heterocycles. The van der Waals surface area contributed by atoms with Crippen molar-refractivity contribution in [3.05, 3.63) is 51.9 Å². The first kappa shape index (κ1) is 16.8. The van der Waals surface area contributed by atoms with E-state index in [1.807, 2.05) is 24.3 Å². The minimum atomic E-state index is -0.279. The number of hydrogen-bond acceptors (Lipinski definition) is 3. The summed E-state index contributed by atoms with van der Waals surface area (Å²) in [6, 6.07) is 9.13. The van der Waals surface area contributed by atoms with Gasteiger partial charge in [-0.1, -0.05) is 22.0 Å². The molecule has 1 aromatic heterocycles. The van der Waals surface area contributed by atoms with Crippen LogP contribution in [-0.2, 0) is 6.61 Å². The third-order valence-electron chi connectivity index (χ3n) is 4.06. The van der Waals surface area contributed by atoms with Gasteiger partial charge < -0.3 is 10.1 Å². The molecule has 3 nitrogen and oxygen atoms in total. The normalized spacial score (nSPS) is 15.6. The van der Waals surface area contributed by atoms with E-state index >= 15 is 0 Å². The highest BCUT2D eigenvalue weighted by molar-refractivity contribution is 9.10. The summed E-state index contributed by atoms with van der Waals surface area (Å²) in [6.45, 7) is 2.22. The Kier molecular flexibility index (Phi) is 5.62. The average Bonchev–Trinajstić information content (AvgIpc) is 2.55. The van der Waals surface area contributed by atoms with Crippen LogP contribution in [0.3, 0.4) is 0 Å². The lowest BCUT2D eigenvalue weighted by molar-refractivity contribution is 0.287. The van der Waals surface area contributed by atoms with Gasteiger partial charge in [-0.3, -0.25) is 0 Å². The Morgan fingerprint density at radius 2 is 2.09 bits per heavy atom. The van der Waals surface area contributed by atoms with Gasteiger partial charge in [-0.05, 0) is 49.4 Å². The maximum absolute atomic E-state index is 14.0. The molecule has 1 fully saturated rings. The molecule has 1 unspecified atom stereocenters. The zero-order chi connectivity index (χ0) is 16.2.